The summed E-state index contributed by atoms with van der Waals surface area (Å²) in [5.74, 6) is 0.742. The molecule has 2 heterocycles. The highest BCUT2D eigenvalue weighted by Crippen LogP contribution is 2.29. The van der Waals surface area contributed by atoms with Crippen molar-refractivity contribution in [3.05, 3.63) is 63.3 Å². The van der Waals surface area contributed by atoms with Crippen molar-refractivity contribution in [1.82, 2.24) is 14.3 Å². The zero-order chi connectivity index (χ0) is 20.6. The lowest BCUT2D eigenvalue weighted by Crippen LogP contribution is -2.48. The van der Waals surface area contributed by atoms with Crippen molar-refractivity contribution >= 4 is 26.6 Å². The number of hydrogen-bond acceptors (Lipinski definition) is 6. The van der Waals surface area contributed by atoms with E-state index in [1.165, 1.54) is 22.5 Å². The smallest absolute Gasteiger partial charge is 0.326 e. The van der Waals surface area contributed by atoms with E-state index in [1.807, 2.05) is 24.3 Å². The Balaban J connectivity index is 1.59. The van der Waals surface area contributed by atoms with E-state index in [9.17, 15) is 18.0 Å². The number of hydrogen-bond donors (Lipinski definition) is 2. The molecule has 2 aromatic carbocycles. The highest BCUT2D eigenvalue weighted by molar-refractivity contribution is 7.89. The summed E-state index contributed by atoms with van der Waals surface area (Å²) in [5.41, 5.74) is -0.0423. The summed E-state index contributed by atoms with van der Waals surface area (Å²) >= 11 is 0. The fraction of sp³-hybridized carbons (Fsp3) is 0.263. The number of piperazine rings is 1. The van der Waals surface area contributed by atoms with Crippen LogP contribution in [0.4, 0.5) is 5.69 Å². The average Bonchev–Trinajstić information content (AvgIpc) is 2.73. The minimum absolute atomic E-state index is 0.0216. The third-order valence-electron chi connectivity index (χ3n) is 5.01. The highest BCUT2D eigenvalue weighted by Gasteiger charge is 2.29. The summed E-state index contributed by atoms with van der Waals surface area (Å²) in [5, 5.41) is 0.123. The molecule has 1 fully saturated rings. The Hall–Kier alpha value is -3.11. The van der Waals surface area contributed by atoms with Crippen LogP contribution in [-0.2, 0) is 10.0 Å². The van der Waals surface area contributed by atoms with E-state index in [0.29, 0.717) is 31.7 Å². The van der Waals surface area contributed by atoms with Crippen LogP contribution in [0.1, 0.15) is 0 Å². The lowest BCUT2D eigenvalue weighted by atomic mass is 10.2. The van der Waals surface area contributed by atoms with Gasteiger partial charge < -0.3 is 14.6 Å². The standard InChI is InChI=1S/C19H20N4O5S/c1-28-17-5-3-2-4-16(17)22-8-10-23(11-9-22)29(26,27)13-6-7-15-14(12-13)18(24)21-19(25)20-15/h2-7,12H,8-11H2,1H3,(H2,20,21,24,25). The van der Waals surface area contributed by atoms with Crippen molar-refractivity contribution in [3.63, 3.8) is 0 Å². The number of sulfonamides is 1. The lowest BCUT2D eigenvalue weighted by Gasteiger charge is -2.35. The molecule has 1 aliphatic rings. The van der Waals surface area contributed by atoms with Gasteiger partial charge in [0, 0.05) is 26.2 Å². The molecule has 0 unspecified atom stereocenters. The van der Waals surface area contributed by atoms with Gasteiger partial charge in [-0.05, 0) is 30.3 Å². The number of H-pyrrole nitrogens is 2. The SMILES string of the molecule is COc1ccccc1N1CCN(S(=O)(=O)c2ccc3[nH]c(=O)[nH]c(=O)c3c2)CC1. The molecule has 10 heteroatoms. The summed E-state index contributed by atoms with van der Waals surface area (Å²) in [6.07, 6.45) is 0. The summed E-state index contributed by atoms with van der Waals surface area (Å²) in [6, 6.07) is 11.8. The second-order valence-corrected chi connectivity index (χ2v) is 8.62. The van der Waals surface area contributed by atoms with Crippen molar-refractivity contribution in [2.24, 2.45) is 0 Å². The molecule has 9 nitrogen and oxygen atoms in total. The normalized spacial score (nSPS) is 15.6. The number of fused-ring (bicyclic) bond motifs is 1. The number of para-hydroxylation sites is 2. The zero-order valence-corrected chi connectivity index (χ0v) is 16.5. The number of methoxy groups -OCH3 is 1. The second-order valence-electron chi connectivity index (χ2n) is 6.68. The summed E-state index contributed by atoms with van der Waals surface area (Å²) < 4.78 is 32.9. The molecule has 1 aliphatic heterocycles. The molecule has 0 amide bonds. The fourth-order valence-electron chi connectivity index (χ4n) is 3.51. The van der Waals surface area contributed by atoms with Gasteiger partial charge in [-0.25, -0.2) is 13.2 Å². The quantitative estimate of drug-likeness (QED) is 0.648. The lowest BCUT2D eigenvalue weighted by molar-refractivity contribution is 0.378. The minimum atomic E-state index is -3.77. The topological polar surface area (TPSA) is 116 Å². The Labute approximate surface area is 166 Å². The molecule has 4 rings (SSSR count). The molecule has 152 valence electrons. The third kappa shape index (κ3) is 3.52. The summed E-state index contributed by atoms with van der Waals surface area (Å²) in [7, 11) is -2.17. The Morgan fingerprint density at radius 1 is 0.966 bits per heavy atom. The molecule has 0 spiro atoms. The van der Waals surface area contributed by atoms with E-state index in [4.69, 9.17) is 4.74 Å². The van der Waals surface area contributed by atoms with Crippen molar-refractivity contribution in [2.45, 2.75) is 4.90 Å². The van der Waals surface area contributed by atoms with Crippen molar-refractivity contribution in [3.8, 4) is 5.75 Å². The maximum Gasteiger partial charge on any atom is 0.326 e. The van der Waals surface area contributed by atoms with Gasteiger partial charge in [0.25, 0.3) is 5.56 Å². The fourth-order valence-corrected chi connectivity index (χ4v) is 4.96. The van der Waals surface area contributed by atoms with Crippen molar-refractivity contribution < 1.29 is 13.2 Å². The average molecular weight is 416 g/mol. The molecule has 0 atom stereocenters. The monoisotopic (exact) mass is 416 g/mol. The Morgan fingerprint density at radius 3 is 2.41 bits per heavy atom. The first-order chi connectivity index (χ1) is 13.9. The largest absolute Gasteiger partial charge is 0.495 e. The highest BCUT2D eigenvalue weighted by atomic mass is 32.2. The number of nitrogens with zero attached hydrogens (tertiary/aromatic N) is 2. The number of aromatic nitrogens is 2. The molecule has 2 N–H and O–H groups in total. The first kappa shape index (κ1) is 19.2. The van der Waals surface area contributed by atoms with Gasteiger partial charge in [0.2, 0.25) is 10.0 Å². The summed E-state index contributed by atoms with van der Waals surface area (Å²) in [6.45, 7) is 1.64. The van der Waals surface area contributed by atoms with Crippen LogP contribution in [0.3, 0.4) is 0 Å². The van der Waals surface area contributed by atoms with Crippen molar-refractivity contribution in [1.29, 1.82) is 0 Å². The number of nitrogens with one attached hydrogen (secondary N) is 2. The maximum absolute atomic E-state index is 13.1. The van der Waals surface area contributed by atoms with E-state index >= 15 is 0 Å². The van der Waals surface area contributed by atoms with Gasteiger partial charge >= 0.3 is 5.69 Å². The Morgan fingerprint density at radius 2 is 1.69 bits per heavy atom. The van der Waals surface area contributed by atoms with Crippen LogP contribution in [0.2, 0.25) is 0 Å². The van der Waals surface area contributed by atoms with Gasteiger partial charge in [0.05, 0.1) is 28.6 Å². The van der Waals surface area contributed by atoms with E-state index in [1.54, 1.807) is 7.11 Å². The summed E-state index contributed by atoms with van der Waals surface area (Å²) in [4.78, 5) is 30.1. The molecule has 3 aromatic rings. The van der Waals surface area contributed by atoms with Crippen LogP contribution in [0.5, 0.6) is 5.75 Å². The van der Waals surface area contributed by atoms with E-state index in [0.717, 1.165) is 11.4 Å². The van der Waals surface area contributed by atoms with E-state index in [-0.39, 0.29) is 10.3 Å². The molecule has 0 saturated carbocycles. The number of benzene rings is 2. The van der Waals surface area contributed by atoms with Crippen LogP contribution in [0.15, 0.2) is 56.9 Å². The van der Waals surface area contributed by atoms with Crippen LogP contribution < -0.4 is 20.9 Å². The maximum atomic E-state index is 13.1. The molecule has 29 heavy (non-hydrogen) atoms. The van der Waals surface area contributed by atoms with Crippen LogP contribution in [-0.4, -0.2) is 56.0 Å². The molecule has 0 radical (unpaired) electrons. The Bertz CT molecular complexity index is 1270. The van der Waals surface area contributed by atoms with Gasteiger partial charge in [-0.1, -0.05) is 12.1 Å². The van der Waals surface area contributed by atoms with Gasteiger partial charge in [-0.3, -0.25) is 9.78 Å². The van der Waals surface area contributed by atoms with Crippen LogP contribution in [0, 0.1) is 0 Å². The van der Waals surface area contributed by atoms with E-state index in [2.05, 4.69) is 14.9 Å². The van der Waals surface area contributed by atoms with Gasteiger partial charge in [0.15, 0.2) is 0 Å². The van der Waals surface area contributed by atoms with Gasteiger partial charge in [-0.15, -0.1) is 0 Å². The van der Waals surface area contributed by atoms with Crippen LogP contribution >= 0.6 is 0 Å². The molecule has 1 aromatic heterocycles. The van der Waals surface area contributed by atoms with E-state index < -0.39 is 21.3 Å². The number of aromatic amines is 2. The third-order valence-corrected chi connectivity index (χ3v) is 6.91. The first-order valence-corrected chi connectivity index (χ1v) is 10.5. The van der Waals surface area contributed by atoms with Crippen LogP contribution in [0.25, 0.3) is 10.9 Å². The molecule has 0 bridgehead atoms. The molecule has 1 saturated heterocycles. The second kappa shape index (κ2) is 7.37. The minimum Gasteiger partial charge on any atom is -0.495 e. The predicted octanol–water partition coefficient (Wildman–Crippen LogP) is 0.736. The number of rotatable bonds is 4. The zero-order valence-electron chi connectivity index (χ0n) is 15.7. The number of anilines is 1. The van der Waals surface area contributed by atoms with Gasteiger partial charge in [-0.2, -0.15) is 4.31 Å². The predicted molar refractivity (Wildman–Crippen MR) is 109 cm³/mol. The Kier molecular flexibility index (Phi) is 4.89. The molecular weight excluding hydrogens is 396 g/mol. The molecule has 0 aliphatic carbocycles. The number of ether oxygens (including phenoxy) is 1. The molecular formula is C19H20N4O5S. The van der Waals surface area contributed by atoms with Gasteiger partial charge in [0.1, 0.15) is 5.75 Å². The van der Waals surface area contributed by atoms with Crippen molar-refractivity contribution in [2.75, 3.05) is 38.2 Å². The first-order valence-electron chi connectivity index (χ1n) is 9.04.